The lowest BCUT2D eigenvalue weighted by Crippen LogP contribution is -2.58. The fourth-order valence-corrected chi connectivity index (χ4v) is 7.23. The first-order chi connectivity index (χ1) is 10.7. The number of amides is 1. The molecule has 3 heteroatoms. The molecule has 0 radical (unpaired) electrons. The van der Waals surface area contributed by atoms with Crippen molar-refractivity contribution in [2.24, 2.45) is 29.1 Å². The lowest BCUT2D eigenvalue weighted by atomic mass is 9.49. The van der Waals surface area contributed by atoms with Gasteiger partial charge in [-0.05, 0) is 93.5 Å². The summed E-state index contributed by atoms with van der Waals surface area (Å²) in [5.74, 6) is 3.99. The third kappa shape index (κ3) is 2.31. The number of nitrogens with one attached hydrogen (secondary N) is 1. The molecule has 3 heterocycles. The second-order valence-electron chi connectivity index (χ2n) is 9.41. The Morgan fingerprint density at radius 1 is 1.00 bits per heavy atom. The average molecular weight is 302 g/mol. The molecule has 0 spiro atoms. The second kappa shape index (κ2) is 4.96. The summed E-state index contributed by atoms with van der Waals surface area (Å²) in [5, 5.41) is 3.44. The van der Waals surface area contributed by atoms with Crippen LogP contribution < -0.4 is 5.32 Å². The van der Waals surface area contributed by atoms with Crippen LogP contribution in [0.4, 0.5) is 0 Å². The molecule has 7 rings (SSSR count). The van der Waals surface area contributed by atoms with Crippen molar-refractivity contribution in [1.29, 1.82) is 0 Å². The molecule has 4 saturated carbocycles. The number of hydrogen-bond acceptors (Lipinski definition) is 2. The Balaban J connectivity index is 1.23. The van der Waals surface area contributed by atoms with Crippen LogP contribution in [0.25, 0.3) is 0 Å². The molecule has 0 unspecified atom stereocenters. The molecule has 0 aromatic rings. The van der Waals surface area contributed by atoms with Crippen LogP contribution in [0.2, 0.25) is 0 Å². The molecule has 0 aromatic carbocycles. The second-order valence-corrected chi connectivity index (χ2v) is 9.41. The maximum Gasteiger partial charge on any atom is 0.220 e. The largest absolute Gasteiger partial charge is 0.352 e. The molecule has 0 aromatic heterocycles. The molecule has 3 aliphatic heterocycles. The minimum absolute atomic E-state index is 0.376. The van der Waals surface area contributed by atoms with E-state index in [0.717, 1.165) is 36.6 Å². The first kappa shape index (κ1) is 13.8. The van der Waals surface area contributed by atoms with Gasteiger partial charge < -0.3 is 10.2 Å². The number of fused-ring (bicyclic) bond motifs is 3. The monoisotopic (exact) mass is 302 g/mol. The van der Waals surface area contributed by atoms with Gasteiger partial charge in [0.1, 0.15) is 0 Å². The van der Waals surface area contributed by atoms with E-state index in [2.05, 4.69) is 10.2 Å². The molecule has 7 fully saturated rings. The number of carbonyl (C=O) groups excluding carboxylic acids is 1. The van der Waals surface area contributed by atoms with Gasteiger partial charge in [0.05, 0.1) is 0 Å². The molecule has 4 aliphatic carbocycles. The molecular weight excluding hydrogens is 272 g/mol. The highest BCUT2D eigenvalue weighted by Crippen LogP contribution is 2.61. The summed E-state index contributed by atoms with van der Waals surface area (Å²) in [6, 6.07) is 0.448. The highest BCUT2D eigenvalue weighted by Gasteiger charge is 2.51. The van der Waals surface area contributed by atoms with Crippen LogP contribution in [0, 0.1) is 29.1 Å². The molecular formula is C19H30N2O. The number of nitrogens with zero attached hydrogens (tertiary/aromatic N) is 1. The Labute approximate surface area is 134 Å². The van der Waals surface area contributed by atoms with E-state index in [0.29, 0.717) is 17.4 Å². The Morgan fingerprint density at radius 2 is 1.59 bits per heavy atom. The molecule has 1 atom stereocenters. The van der Waals surface area contributed by atoms with E-state index < -0.39 is 0 Å². The fourth-order valence-electron chi connectivity index (χ4n) is 7.23. The minimum atomic E-state index is 0.376. The van der Waals surface area contributed by atoms with E-state index in [-0.39, 0.29) is 0 Å². The Hall–Kier alpha value is -0.570. The van der Waals surface area contributed by atoms with Crippen LogP contribution in [-0.2, 0) is 4.79 Å². The third-order valence-electron chi connectivity index (χ3n) is 7.70. The SMILES string of the molecule is O=C(CC12CC3CC(CC(C3)C1)C2)N[C@H]1CN2CCC1CC2. The molecule has 3 nitrogen and oxygen atoms in total. The van der Waals surface area contributed by atoms with Crippen molar-refractivity contribution in [3.05, 3.63) is 0 Å². The summed E-state index contributed by atoms with van der Waals surface area (Å²) >= 11 is 0. The molecule has 1 amide bonds. The highest BCUT2D eigenvalue weighted by atomic mass is 16.1. The van der Waals surface area contributed by atoms with Gasteiger partial charge in [-0.25, -0.2) is 0 Å². The van der Waals surface area contributed by atoms with Gasteiger partial charge in [0.25, 0.3) is 0 Å². The summed E-state index contributed by atoms with van der Waals surface area (Å²) in [5.41, 5.74) is 0.396. The quantitative estimate of drug-likeness (QED) is 0.869. The van der Waals surface area contributed by atoms with E-state index >= 15 is 0 Å². The van der Waals surface area contributed by atoms with E-state index in [9.17, 15) is 4.79 Å². The standard InChI is InChI=1S/C19H30N2O/c22-18(20-17-12-21-3-1-16(17)2-4-21)11-19-8-13-5-14(9-19)7-15(6-13)10-19/h13-17H,1-12H2,(H,20,22)/t13?,14?,15?,17-,19?/m0/s1. The maximum atomic E-state index is 12.7. The molecule has 7 aliphatic rings. The fraction of sp³-hybridized carbons (Fsp3) is 0.947. The minimum Gasteiger partial charge on any atom is -0.352 e. The van der Waals surface area contributed by atoms with E-state index in [1.807, 2.05) is 0 Å². The molecule has 22 heavy (non-hydrogen) atoms. The van der Waals surface area contributed by atoms with Crippen molar-refractivity contribution in [1.82, 2.24) is 10.2 Å². The number of piperidine rings is 3. The molecule has 1 N–H and O–H groups in total. The molecule has 3 saturated heterocycles. The van der Waals surface area contributed by atoms with Gasteiger partial charge in [-0.3, -0.25) is 4.79 Å². The van der Waals surface area contributed by atoms with Crippen LogP contribution in [0.1, 0.15) is 57.8 Å². The average Bonchev–Trinajstić information content (AvgIpc) is 2.46. The summed E-state index contributed by atoms with van der Waals surface area (Å²) < 4.78 is 0. The van der Waals surface area contributed by atoms with Crippen LogP contribution >= 0.6 is 0 Å². The van der Waals surface area contributed by atoms with Crippen molar-refractivity contribution in [2.45, 2.75) is 63.8 Å². The van der Waals surface area contributed by atoms with Crippen molar-refractivity contribution in [2.75, 3.05) is 19.6 Å². The first-order valence-corrected chi connectivity index (χ1v) is 9.69. The summed E-state index contributed by atoms with van der Waals surface area (Å²) in [4.78, 5) is 15.3. The number of hydrogen-bond donors (Lipinski definition) is 1. The van der Waals surface area contributed by atoms with Crippen LogP contribution in [0.5, 0.6) is 0 Å². The smallest absolute Gasteiger partial charge is 0.220 e. The Bertz CT molecular complexity index is 431. The van der Waals surface area contributed by atoms with Gasteiger partial charge in [0.2, 0.25) is 5.91 Å². The Morgan fingerprint density at radius 3 is 2.09 bits per heavy atom. The zero-order valence-electron chi connectivity index (χ0n) is 13.7. The topological polar surface area (TPSA) is 32.3 Å². The van der Waals surface area contributed by atoms with E-state index in [1.54, 1.807) is 0 Å². The van der Waals surface area contributed by atoms with Gasteiger partial charge in [0.15, 0.2) is 0 Å². The Kier molecular flexibility index (Phi) is 3.12. The van der Waals surface area contributed by atoms with Crippen LogP contribution in [0.15, 0.2) is 0 Å². The molecule has 122 valence electrons. The van der Waals surface area contributed by atoms with Crippen molar-refractivity contribution >= 4 is 5.91 Å². The van der Waals surface area contributed by atoms with Gasteiger partial charge in [0, 0.05) is 19.0 Å². The van der Waals surface area contributed by atoms with E-state index in [1.165, 1.54) is 64.5 Å². The number of rotatable bonds is 3. The highest BCUT2D eigenvalue weighted by molar-refractivity contribution is 5.77. The molecule has 6 bridgehead atoms. The van der Waals surface area contributed by atoms with Crippen molar-refractivity contribution < 1.29 is 4.79 Å². The van der Waals surface area contributed by atoms with Gasteiger partial charge in [-0.2, -0.15) is 0 Å². The zero-order valence-corrected chi connectivity index (χ0v) is 13.7. The lowest BCUT2D eigenvalue weighted by Gasteiger charge is -2.56. The maximum absolute atomic E-state index is 12.7. The summed E-state index contributed by atoms with van der Waals surface area (Å²) in [6.07, 6.45) is 11.9. The van der Waals surface area contributed by atoms with Crippen LogP contribution in [0.3, 0.4) is 0 Å². The summed E-state index contributed by atoms with van der Waals surface area (Å²) in [6.45, 7) is 3.62. The predicted molar refractivity (Wildman–Crippen MR) is 86.3 cm³/mol. The normalized spacial score (nSPS) is 52.0. The van der Waals surface area contributed by atoms with Gasteiger partial charge in [-0.1, -0.05) is 0 Å². The van der Waals surface area contributed by atoms with E-state index in [4.69, 9.17) is 0 Å². The summed E-state index contributed by atoms with van der Waals surface area (Å²) in [7, 11) is 0. The predicted octanol–water partition coefficient (Wildman–Crippen LogP) is 2.80. The third-order valence-corrected chi connectivity index (χ3v) is 7.70. The lowest BCUT2D eigenvalue weighted by molar-refractivity contribution is -0.131. The van der Waals surface area contributed by atoms with Crippen molar-refractivity contribution in [3.63, 3.8) is 0 Å². The van der Waals surface area contributed by atoms with Gasteiger partial charge >= 0.3 is 0 Å². The van der Waals surface area contributed by atoms with Crippen LogP contribution in [-0.4, -0.2) is 36.5 Å². The van der Waals surface area contributed by atoms with Gasteiger partial charge in [-0.15, -0.1) is 0 Å². The van der Waals surface area contributed by atoms with Crippen molar-refractivity contribution in [3.8, 4) is 0 Å². The zero-order chi connectivity index (χ0) is 14.7. The first-order valence-electron chi connectivity index (χ1n) is 9.69. The number of carbonyl (C=O) groups is 1.